The van der Waals surface area contributed by atoms with Crippen molar-refractivity contribution in [1.82, 2.24) is 4.90 Å². The standard InChI is InChI=1S/C28H24N2O/c1-20-11-13-21(14-12-20)19-30-27(29-26-10-6-5-9-25(26)28(30)31)24-17-15-23(16-18-24)22-7-3-2-4-8-22/h2-18,27,29H,19H2,1H3/t27-/m1/s1. The van der Waals surface area contributed by atoms with E-state index in [1.54, 1.807) is 0 Å². The number of nitrogens with one attached hydrogen (secondary N) is 1. The predicted octanol–water partition coefficient (Wildman–Crippen LogP) is 6.43. The summed E-state index contributed by atoms with van der Waals surface area (Å²) < 4.78 is 0. The minimum atomic E-state index is -0.228. The molecule has 3 heteroatoms. The zero-order valence-electron chi connectivity index (χ0n) is 17.5. The van der Waals surface area contributed by atoms with E-state index in [-0.39, 0.29) is 12.1 Å². The Hall–Kier alpha value is -3.85. The third kappa shape index (κ3) is 3.82. The van der Waals surface area contributed by atoms with Gasteiger partial charge in [0.2, 0.25) is 0 Å². The smallest absolute Gasteiger partial charge is 0.258 e. The first-order valence-corrected chi connectivity index (χ1v) is 10.6. The number of hydrogen-bond donors (Lipinski definition) is 1. The van der Waals surface area contributed by atoms with Crippen molar-refractivity contribution in [3.63, 3.8) is 0 Å². The molecule has 0 aliphatic carbocycles. The quantitative estimate of drug-likeness (QED) is 0.425. The van der Waals surface area contributed by atoms with E-state index in [2.05, 4.69) is 72.9 Å². The van der Waals surface area contributed by atoms with Gasteiger partial charge in [-0.3, -0.25) is 4.79 Å². The molecule has 4 aromatic carbocycles. The molecule has 3 nitrogen and oxygen atoms in total. The zero-order valence-corrected chi connectivity index (χ0v) is 17.5. The fraction of sp³-hybridized carbons (Fsp3) is 0.107. The van der Waals surface area contributed by atoms with Crippen molar-refractivity contribution >= 4 is 11.6 Å². The van der Waals surface area contributed by atoms with Gasteiger partial charge in [-0.1, -0.05) is 96.6 Å². The number of aryl methyl sites for hydroxylation is 1. The van der Waals surface area contributed by atoms with Crippen LogP contribution in [0.4, 0.5) is 5.69 Å². The SMILES string of the molecule is Cc1ccc(CN2C(=O)c3ccccc3N[C@H]2c2ccc(-c3ccccc3)cc2)cc1. The van der Waals surface area contributed by atoms with Gasteiger partial charge in [-0.05, 0) is 41.3 Å². The van der Waals surface area contributed by atoms with E-state index in [4.69, 9.17) is 0 Å². The van der Waals surface area contributed by atoms with Gasteiger partial charge in [-0.2, -0.15) is 0 Å². The highest BCUT2D eigenvalue weighted by molar-refractivity contribution is 6.01. The molecule has 1 atom stereocenters. The van der Waals surface area contributed by atoms with Crippen molar-refractivity contribution in [3.05, 3.63) is 125 Å². The minimum Gasteiger partial charge on any atom is -0.361 e. The van der Waals surface area contributed by atoms with Crippen molar-refractivity contribution < 1.29 is 4.79 Å². The molecule has 1 aliphatic heterocycles. The van der Waals surface area contributed by atoms with E-state index in [1.807, 2.05) is 47.4 Å². The van der Waals surface area contributed by atoms with Gasteiger partial charge in [0.15, 0.2) is 0 Å². The molecule has 0 radical (unpaired) electrons. The molecule has 1 heterocycles. The summed E-state index contributed by atoms with van der Waals surface area (Å²) in [6, 6.07) is 34.9. The Morgan fingerprint density at radius 2 is 1.39 bits per heavy atom. The number of carbonyl (C=O) groups excluding carboxylic acids is 1. The molecule has 0 aromatic heterocycles. The van der Waals surface area contributed by atoms with Crippen molar-refractivity contribution in [1.29, 1.82) is 0 Å². The second-order valence-electron chi connectivity index (χ2n) is 8.00. The molecule has 0 saturated heterocycles. The highest BCUT2D eigenvalue weighted by atomic mass is 16.2. The maximum absolute atomic E-state index is 13.4. The summed E-state index contributed by atoms with van der Waals surface area (Å²) in [7, 11) is 0. The van der Waals surface area contributed by atoms with Crippen LogP contribution in [0, 0.1) is 6.92 Å². The Morgan fingerprint density at radius 3 is 2.13 bits per heavy atom. The average molecular weight is 405 g/mol. The van der Waals surface area contributed by atoms with E-state index in [1.165, 1.54) is 11.1 Å². The lowest BCUT2D eigenvalue weighted by Gasteiger charge is -2.38. The van der Waals surface area contributed by atoms with Crippen molar-refractivity contribution in [2.45, 2.75) is 19.6 Å². The fourth-order valence-electron chi connectivity index (χ4n) is 4.10. The highest BCUT2D eigenvalue weighted by Gasteiger charge is 2.32. The summed E-state index contributed by atoms with van der Waals surface area (Å²) in [6.07, 6.45) is -0.228. The molecule has 0 unspecified atom stereocenters. The number of para-hydroxylation sites is 1. The number of benzene rings is 4. The third-order valence-corrected chi connectivity index (χ3v) is 5.83. The van der Waals surface area contributed by atoms with Crippen LogP contribution in [0.1, 0.15) is 33.2 Å². The molecule has 0 bridgehead atoms. The van der Waals surface area contributed by atoms with E-state index in [9.17, 15) is 4.79 Å². The van der Waals surface area contributed by atoms with Gasteiger partial charge in [0.1, 0.15) is 6.17 Å². The van der Waals surface area contributed by atoms with Gasteiger partial charge >= 0.3 is 0 Å². The molecule has 31 heavy (non-hydrogen) atoms. The topological polar surface area (TPSA) is 32.3 Å². The number of anilines is 1. The number of carbonyl (C=O) groups is 1. The minimum absolute atomic E-state index is 0.0482. The second kappa shape index (κ2) is 8.11. The van der Waals surface area contributed by atoms with Crippen LogP contribution < -0.4 is 5.32 Å². The van der Waals surface area contributed by atoms with E-state index >= 15 is 0 Å². The van der Waals surface area contributed by atoms with Gasteiger partial charge in [0.05, 0.1) is 5.56 Å². The number of fused-ring (bicyclic) bond motifs is 1. The number of nitrogens with zero attached hydrogens (tertiary/aromatic N) is 1. The summed E-state index contributed by atoms with van der Waals surface area (Å²) in [5.41, 5.74) is 7.34. The summed E-state index contributed by atoms with van der Waals surface area (Å²) in [5, 5.41) is 3.59. The maximum atomic E-state index is 13.4. The molecule has 1 amide bonds. The van der Waals surface area contributed by atoms with E-state index in [0.717, 1.165) is 22.4 Å². The Balaban J connectivity index is 1.51. The number of amides is 1. The Bertz CT molecular complexity index is 1200. The van der Waals surface area contributed by atoms with E-state index in [0.29, 0.717) is 12.1 Å². The average Bonchev–Trinajstić information content (AvgIpc) is 2.83. The molecule has 0 fully saturated rings. The summed E-state index contributed by atoms with van der Waals surface area (Å²) in [4.78, 5) is 15.4. The van der Waals surface area contributed by atoms with Crippen LogP contribution in [-0.4, -0.2) is 10.8 Å². The van der Waals surface area contributed by atoms with E-state index < -0.39 is 0 Å². The Labute approximate surface area is 183 Å². The zero-order chi connectivity index (χ0) is 21.2. The van der Waals surface area contributed by atoms with Gasteiger partial charge < -0.3 is 10.2 Å². The lowest BCUT2D eigenvalue weighted by atomic mass is 9.99. The van der Waals surface area contributed by atoms with Crippen LogP contribution >= 0.6 is 0 Å². The molecule has 1 N–H and O–H groups in total. The molecule has 152 valence electrons. The molecular weight excluding hydrogens is 380 g/mol. The predicted molar refractivity (Wildman–Crippen MR) is 126 cm³/mol. The van der Waals surface area contributed by atoms with Crippen LogP contribution in [0.25, 0.3) is 11.1 Å². The lowest BCUT2D eigenvalue weighted by molar-refractivity contribution is 0.0666. The van der Waals surface area contributed by atoms with Gasteiger partial charge in [0, 0.05) is 12.2 Å². The first-order chi connectivity index (χ1) is 15.2. The summed E-state index contributed by atoms with van der Waals surface area (Å²) in [6.45, 7) is 2.62. The number of hydrogen-bond acceptors (Lipinski definition) is 2. The molecule has 0 spiro atoms. The molecule has 4 aromatic rings. The Morgan fingerprint density at radius 1 is 0.742 bits per heavy atom. The number of rotatable bonds is 4. The van der Waals surface area contributed by atoms with Crippen LogP contribution in [0.3, 0.4) is 0 Å². The van der Waals surface area contributed by atoms with Crippen molar-refractivity contribution in [2.24, 2.45) is 0 Å². The van der Waals surface area contributed by atoms with Crippen LogP contribution in [0.15, 0.2) is 103 Å². The monoisotopic (exact) mass is 404 g/mol. The van der Waals surface area contributed by atoms with Crippen LogP contribution in [0.2, 0.25) is 0 Å². The normalized spacial score (nSPS) is 15.3. The van der Waals surface area contributed by atoms with Crippen molar-refractivity contribution in [3.8, 4) is 11.1 Å². The molecule has 0 saturated carbocycles. The van der Waals surface area contributed by atoms with Gasteiger partial charge in [-0.25, -0.2) is 0 Å². The summed E-state index contributed by atoms with van der Waals surface area (Å²) >= 11 is 0. The largest absolute Gasteiger partial charge is 0.361 e. The Kier molecular flexibility index (Phi) is 5.01. The maximum Gasteiger partial charge on any atom is 0.258 e. The molecular formula is C28H24N2O. The van der Waals surface area contributed by atoms with Gasteiger partial charge in [0.25, 0.3) is 5.91 Å². The second-order valence-corrected chi connectivity index (χ2v) is 8.00. The first-order valence-electron chi connectivity index (χ1n) is 10.6. The molecule has 1 aliphatic rings. The van der Waals surface area contributed by atoms with Crippen LogP contribution in [-0.2, 0) is 6.54 Å². The van der Waals surface area contributed by atoms with Crippen molar-refractivity contribution in [2.75, 3.05) is 5.32 Å². The van der Waals surface area contributed by atoms with Gasteiger partial charge in [-0.15, -0.1) is 0 Å². The third-order valence-electron chi connectivity index (χ3n) is 5.83. The highest BCUT2D eigenvalue weighted by Crippen LogP contribution is 2.35. The van der Waals surface area contributed by atoms with Crippen LogP contribution in [0.5, 0.6) is 0 Å². The molecule has 5 rings (SSSR count). The summed E-state index contributed by atoms with van der Waals surface area (Å²) in [5.74, 6) is 0.0482. The first kappa shape index (κ1) is 19.1. The lowest BCUT2D eigenvalue weighted by Crippen LogP contribution is -2.42. The fourth-order valence-corrected chi connectivity index (χ4v) is 4.10.